The number of nitrogens with one attached hydrogen (secondary N) is 1. The van der Waals surface area contributed by atoms with Gasteiger partial charge in [0.25, 0.3) is 0 Å². The molecule has 3 N–H and O–H groups in total. The van der Waals surface area contributed by atoms with Gasteiger partial charge >= 0.3 is 5.97 Å². The lowest BCUT2D eigenvalue weighted by atomic mass is 9.87. The van der Waals surface area contributed by atoms with Crippen LogP contribution in [0, 0.1) is 5.41 Å². The predicted octanol–water partition coefficient (Wildman–Crippen LogP) is 2.80. The van der Waals surface area contributed by atoms with Gasteiger partial charge in [-0.15, -0.1) is 11.3 Å². The van der Waals surface area contributed by atoms with Gasteiger partial charge in [-0.3, -0.25) is 4.79 Å². The summed E-state index contributed by atoms with van der Waals surface area (Å²) in [6, 6.07) is 1.11. The van der Waals surface area contributed by atoms with Gasteiger partial charge in [-0.05, 0) is 24.8 Å². The fourth-order valence-corrected chi connectivity index (χ4v) is 2.64. The molecule has 1 aromatic heterocycles. The maximum atomic E-state index is 12.2. The number of nitrogens with two attached hydrogens (primary N) is 1. The number of carbonyl (C=O) groups excluding carboxylic acids is 2. The predicted molar refractivity (Wildman–Crippen MR) is 85.7 cm³/mol. The molecule has 6 heteroatoms. The van der Waals surface area contributed by atoms with E-state index >= 15 is 0 Å². The molecule has 1 rings (SSSR count). The summed E-state index contributed by atoms with van der Waals surface area (Å²) >= 11 is 1.38. The Kier molecular flexibility index (Phi) is 5.92. The van der Waals surface area contributed by atoms with E-state index in [-0.39, 0.29) is 11.3 Å². The monoisotopic (exact) mass is 312 g/mol. The van der Waals surface area contributed by atoms with Crippen molar-refractivity contribution >= 4 is 28.2 Å². The molecule has 0 radical (unpaired) electrons. The van der Waals surface area contributed by atoms with Crippen LogP contribution >= 0.6 is 11.3 Å². The summed E-state index contributed by atoms with van der Waals surface area (Å²) in [5, 5.41) is 3.27. The molecule has 0 unspecified atom stereocenters. The van der Waals surface area contributed by atoms with Crippen molar-refractivity contribution in [2.75, 3.05) is 11.9 Å². The lowest BCUT2D eigenvalue weighted by Crippen LogP contribution is -2.45. The SMILES string of the molecule is CCOC(=O)c1cc(CC)sc1NC(=O)[C@H](N)C(C)(C)C. The second kappa shape index (κ2) is 7.04. The fraction of sp³-hybridized carbons (Fsp3) is 0.600. The van der Waals surface area contributed by atoms with E-state index in [0.717, 1.165) is 11.3 Å². The van der Waals surface area contributed by atoms with Crippen LogP contribution in [-0.2, 0) is 16.0 Å². The van der Waals surface area contributed by atoms with Gasteiger partial charge in [0, 0.05) is 4.88 Å². The number of esters is 1. The zero-order valence-corrected chi connectivity index (χ0v) is 14.1. The van der Waals surface area contributed by atoms with E-state index in [2.05, 4.69) is 5.32 Å². The molecule has 118 valence electrons. The quantitative estimate of drug-likeness (QED) is 0.819. The van der Waals surface area contributed by atoms with Crippen LogP contribution in [0.2, 0.25) is 0 Å². The number of thiophene rings is 1. The summed E-state index contributed by atoms with van der Waals surface area (Å²) in [6.07, 6.45) is 0.790. The molecule has 5 nitrogen and oxygen atoms in total. The van der Waals surface area contributed by atoms with E-state index in [4.69, 9.17) is 10.5 Å². The highest BCUT2D eigenvalue weighted by atomic mass is 32.1. The van der Waals surface area contributed by atoms with Crippen LogP contribution in [0.4, 0.5) is 5.00 Å². The van der Waals surface area contributed by atoms with Crippen molar-refractivity contribution in [2.24, 2.45) is 11.1 Å². The molecule has 0 saturated carbocycles. The Hall–Kier alpha value is -1.40. The summed E-state index contributed by atoms with van der Waals surface area (Å²) in [6.45, 7) is 9.73. The third kappa shape index (κ3) is 4.54. The first kappa shape index (κ1) is 17.7. The second-order valence-electron chi connectivity index (χ2n) is 5.86. The van der Waals surface area contributed by atoms with E-state index in [1.165, 1.54) is 11.3 Å². The van der Waals surface area contributed by atoms with Gasteiger partial charge in [0.15, 0.2) is 0 Å². The molecule has 0 aliphatic carbocycles. The standard InChI is InChI=1S/C15H24N2O3S/c1-6-9-8-10(14(19)20-7-2)13(21-9)17-12(18)11(16)15(3,4)5/h8,11H,6-7,16H2,1-5H3,(H,17,18)/t11-/m0/s1. The Labute approximate surface area is 129 Å². The van der Waals surface area contributed by atoms with Crippen LogP contribution in [0.3, 0.4) is 0 Å². The average molecular weight is 312 g/mol. The minimum atomic E-state index is -0.653. The molecule has 0 aliphatic heterocycles. The molecule has 21 heavy (non-hydrogen) atoms. The molecule has 1 aromatic rings. The molecular formula is C15H24N2O3S. The van der Waals surface area contributed by atoms with Gasteiger partial charge < -0.3 is 15.8 Å². The van der Waals surface area contributed by atoms with E-state index in [0.29, 0.717) is 17.2 Å². The molecule has 0 aromatic carbocycles. The van der Waals surface area contributed by atoms with Gasteiger partial charge in [-0.2, -0.15) is 0 Å². The van der Waals surface area contributed by atoms with Crippen molar-refractivity contribution in [1.29, 1.82) is 0 Å². The lowest BCUT2D eigenvalue weighted by molar-refractivity contribution is -0.119. The Bertz CT molecular complexity index is 517. The largest absolute Gasteiger partial charge is 0.462 e. The number of anilines is 1. The normalized spacial score (nSPS) is 12.9. The van der Waals surface area contributed by atoms with Crippen molar-refractivity contribution in [3.8, 4) is 0 Å². The Morgan fingerprint density at radius 3 is 2.48 bits per heavy atom. The number of amides is 1. The number of hydrogen-bond acceptors (Lipinski definition) is 5. The number of ether oxygens (including phenoxy) is 1. The van der Waals surface area contributed by atoms with Crippen LogP contribution in [0.5, 0.6) is 0 Å². The number of rotatable bonds is 5. The highest BCUT2D eigenvalue weighted by Gasteiger charge is 2.29. The first-order valence-electron chi connectivity index (χ1n) is 7.07. The van der Waals surface area contributed by atoms with Crippen molar-refractivity contribution in [2.45, 2.75) is 47.1 Å². The molecule has 0 fully saturated rings. The minimum Gasteiger partial charge on any atom is -0.462 e. The molecule has 0 spiro atoms. The summed E-state index contributed by atoms with van der Waals surface area (Å²) < 4.78 is 5.02. The van der Waals surface area contributed by atoms with Gasteiger partial charge in [0.1, 0.15) is 5.00 Å². The van der Waals surface area contributed by atoms with Gasteiger partial charge in [-0.1, -0.05) is 27.7 Å². The van der Waals surface area contributed by atoms with E-state index in [1.807, 2.05) is 27.7 Å². The first-order valence-corrected chi connectivity index (χ1v) is 7.88. The maximum absolute atomic E-state index is 12.2. The molecule has 0 bridgehead atoms. The van der Waals surface area contributed by atoms with Crippen LogP contribution in [0.1, 0.15) is 49.9 Å². The van der Waals surface area contributed by atoms with E-state index < -0.39 is 12.0 Å². The maximum Gasteiger partial charge on any atom is 0.341 e. The molecule has 0 saturated heterocycles. The van der Waals surface area contributed by atoms with Crippen molar-refractivity contribution in [1.82, 2.24) is 0 Å². The molecule has 1 heterocycles. The van der Waals surface area contributed by atoms with Crippen LogP contribution < -0.4 is 11.1 Å². The molecular weight excluding hydrogens is 288 g/mol. The van der Waals surface area contributed by atoms with E-state index in [1.54, 1.807) is 13.0 Å². The second-order valence-corrected chi connectivity index (χ2v) is 7.00. The molecule has 1 atom stereocenters. The number of carbonyl (C=O) groups is 2. The minimum absolute atomic E-state index is 0.294. The van der Waals surface area contributed by atoms with Gasteiger partial charge in [0.05, 0.1) is 18.2 Å². The van der Waals surface area contributed by atoms with Gasteiger partial charge in [0.2, 0.25) is 5.91 Å². The smallest absolute Gasteiger partial charge is 0.341 e. The lowest BCUT2D eigenvalue weighted by Gasteiger charge is -2.25. The third-order valence-corrected chi connectivity index (χ3v) is 4.27. The number of hydrogen-bond donors (Lipinski definition) is 2. The zero-order valence-electron chi connectivity index (χ0n) is 13.3. The van der Waals surface area contributed by atoms with Crippen molar-refractivity contribution < 1.29 is 14.3 Å². The molecule has 0 aliphatic rings. The Morgan fingerprint density at radius 1 is 1.38 bits per heavy atom. The fourth-order valence-electron chi connectivity index (χ4n) is 1.65. The van der Waals surface area contributed by atoms with Crippen LogP contribution in [0.15, 0.2) is 6.07 Å². The summed E-state index contributed by atoms with van der Waals surface area (Å²) in [4.78, 5) is 25.2. The van der Waals surface area contributed by atoms with E-state index in [9.17, 15) is 9.59 Å². The zero-order chi connectivity index (χ0) is 16.2. The Morgan fingerprint density at radius 2 is 2.00 bits per heavy atom. The van der Waals surface area contributed by atoms with Crippen molar-refractivity contribution in [3.63, 3.8) is 0 Å². The highest BCUT2D eigenvalue weighted by Crippen LogP contribution is 2.30. The summed E-state index contributed by atoms with van der Waals surface area (Å²) in [7, 11) is 0. The first-order chi connectivity index (χ1) is 9.70. The summed E-state index contributed by atoms with van der Waals surface area (Å²) in [5.41, 5.74) is 5.99. The number of aryl methyl sites for hydroxylation is 1. The topological polar surface area (TPSA) is 81.4 Å². The van der Waals surface area contributed by atoms with Crippen LogP contribution in [-0.4, -0.2) is 24.5 Å². The van der Waals surface area contributed by atoms with Crippen LogP contribution in [0.25, 0.3) is 0 Å². The van der Waals surface area contributed by atoms with Crippen molar-refractivity contribution in [3.05, 3.63) is 16.5 Å². The average Bonchev–Trinajstić information content (AvgIpc) is 2.80. The highest BCUT2D eigenvalue weighted by molar-refractivity contribution is 7.16. The summed E-state index contributed by atoms with van der Waals surface area (Å²) in [5.74, 6) is -0.717. The molecule has 1 amide bonds. The third-order valence-electron chi connectivity index (χ3n) is 3.08. The Balaban J connectivity index is 2.99. The van der Waals surface area contributed by atoms with Gasteiger partial charge in [-0.25, -0.2) is 4.79 Å².